The van der Waals surface area contributed by atoms with Crippen LogP contribution in [0.5, 0.6) is 0 Å². The van der Waals surface area contributed by atoms with Crippen molar-refractivity contribution in [3.05, 3.63) is 29.8 Å². The average molecular weight is 384 g/mol. The van der Waals surface area contributed by atoms with Crippen molar-refractivity contribution < 1.29 is 40.6 Å². The van der Waals surface area contributed by atoms with Crippen LogP contribution in [-0.2, 0) is 19.9 Å². The van der Waals surface area contributed by atoms with Gasteiger partial charge in [0.25, 0.3) is 6.02 Å². The number of rotatable bonds is 3. The zero-order valence-corrected chi connectivity index (χ0v) is 13.6. The van der Waals surface area contributed by atoms with Crippen molar-refractivity contribution >= 4 is 17.7 Å². The number of halogens is 6. The third-order valence-corrected chi connectivity index (χ3v) is 3.61. The molecular formula is C15H14F6N2O3. The lowest BCUT2D eigenvalue weighted by atomic mass is 9.91. The summed E-state index contributed by atoms with van der Waals surface area (Å²) in [6.45, 7) is 1.20. The standard InChI is InChI=1S/C15H14F6N2O3/c1-9(24)26-13(14(16,17)18,15(19,20)21)10-3-5-11(6-4-10)23(2)12-22-7-8-25-12/h3-6H,7-8H2,1-2H3. The first-order chi connectivity index (χ1) is 11.9. The molecule has 0 bridgehead atoms. The highest BCUT2D eigenvalue weighted by atomic mass is 19.4. The Morgan fingerprint density at radius 1 is 1.12 bits per heavy atom. The number of carbonyl (C=O) groups excluding carboxylic acids is 1. The van der Waals surface area contributed by atoms with E-state index < -0.39 is 29.5 Å². The predicted molar refractivity (Wildman–Crippen MR) is 78.7 cm³/mol. The van der Waals surface area contributed by atoms with Gasteiger partial charge >= 0.3 is 23.9 Å². The SMILES string of the molecule is CC(=O)OC(c1ccc(N(C)C2=NCCO2)cc1)(C(F)(F)F)C(F)(F)F. The molecule has 5 nitrogen and oxygen atoms in total. The van der Waals surface area contributed by atoms with Gasteiger partial charge in [-0.25, -0.2) is 4.99 Å². The molecule has 1 heterocycles. The molecule has 0 unspecified atom stereocenters. The highest BCUT2D eigenvalue weighted by molar-refractivity contribution is 5.91. The molecule has 0 saturated heterocycles. The van der Waals surface area contributed by atoms with Crippen molar-refractivity contribution in [3.8, 4) is 0 Å². The van der Waals surface area contributed by atoms with Gasteiger partial charge in [-0.1, -0.05) is 12.1 Å². The Morgan fingerprint density at radius 3 is 2.04 bits per heavy atom. The third kappa shape index (κ3) is 3.42. The largest absolute Gasteiger partial charge is 0.463 e. The van der Waals surface area contributed by atoms with Crippen LogP contribution in [0, 0.1) is 0 Å². The number of alkyl halides is 6. The van der Waals surface area contributed by atoms with Gasteiger partial charge in [0.15, 0.2) is 0 Å². The zero-order chi connectivity index (χ0) is 19.8. The summed E-state index contributed by atoms with van der Waals surface area (Å²) in [7, 11) is 1.49. The minimum absolute atomic E-state index is 0.190. The second-order valence-electron chi connectivity index (χ2n) is 5.39. The lowest BCUT2D eigenvalue weighted by molar-refractivity contribution is -0.377. The molecule has 0 fully saturated rings. The highest BCUT2D eigenvalue weighted by Gasteiger charge is 2.75. The average Bonchev–Trinajstić information content (AvgIpc) is 3.04. The van der Waals surface area contributed by atoms with Crippen LogP contribution in [0.2, 0.25) is 0 Å². The second-order valence-corrected chi connectivity index (χ2v) is 5.39. The fraction of sp³-hybridized carbons (Fsp3) is 0.467. The molecule has 0 aromatic heterocycles. The molecule has 1 aliphatic rings. The van der Waals surface area contributed by atoms with Gasteiger partial charge in [0, 0.05) is 25.2 Å². The molecule has 1 aliphatic heterocycles. The number of amidine groups is 1. The zero-order valence-electron chi connectivity index (χ0n) is 13.6. The number of aliphatic imine (C=N–C) groups is 1. The molecule has 26 heavy (non-hydrogen) atoms. The summed E-state index contributed by atoms with van der Waals surface area (Å²) in [6.07, 6.45) is -11.8. The Kier molecular flexibility index (Phi) is 5.11. The smallest absolute Gasteiger partial charge is 0.442 e. The van der Waals surface area contributed by atoms with E-state index in [1.807, 2.05) is 0 Å². The first-order valence-electron chi connectivity index (χ1n) is 7.24. The normalized spacial score (nSPS) is 15.3. The van der Waals surface area contributed by atoms with Crippen LogP contribution in [0.4, 0.5) is 32.0 Å². The molecular weight excluding hydrogens is 370 g/mol. The molecule has 1 aromatic carbocycles. The van der Waals surface area contributed by atoms with E-state index in [4.69, 9.17) is 4.74 Å². The van der Waals surface area contributed by atoms with E-state index in [-0.39, 0.29) is 11.7 Å². The highest BCUT2D eigenvalue weighted by Crippen LogP contribution is 2.53. The quantitative estimate of drug-likeness (QED) is 0.592. The molecule has 0 N–H and O–H groups in total. The molecule has 0 radical (unpaired) electrons. The van der Waals surface area contributed by atoms with Crippen LogP contribution in [0.15, 0.2) is 29.3 Å². The Balaban J connectivity index is 2.50. The van der Waals surface area contributed by atoms with Crippen LogP contribution in [0.3, 0.4) is 0 Å². The fourth-order valence-corrected chi connectivity index (χ4v) is 2.44. The summed E-state index contributed by atoms with van der Waals surface area (Å²) in [5.41, 5.74) is -5.78. The van der Waals surface area contributed by atoms with E-state index in [0.29, 0.717) is 32.2 Å². The summed E-state index contributed by atoms with van der Waals surface area (Å²) in [5.74, 6) is -1.71. The number of benzene rings is 1. The van der Waals surface area contributed by atoms with Crippen LogP contribution < -0.4 is 4.90 Å². The number of hydrogen-bond acceptors (Lipinski definition) is 5. The summed E-state index contributed by atoms with van der Waals surface area (Å²) in [4.78, 5) is 16.4. The molecule has 0 amide bonds. The topological polar surface area (TPSA) is 51.1 Å². The third-order valence-electron chi connectivity index (χ3n) is 3.61. The van der Waals surface area contributed by atoms with Crippen molar-refractivity contribution in [2.45, 2.75) is 24.9 Å². The number of esters is 1. The number of hydrogen-bond donors (Lipinski definition) is 0. The molecule has 1 aromatic rings. The van der Waals surface area contributed by atoms with E-state index in [1.165, 1.54) is 11.9 Å². The van der Waals surface area contributed by atoms with Crippen LogP contribution in [-0.4, -0.2) is 44.5 Å². The van der Waals surface area contributed by atoms with Gasteiger partial charge in [-0.2, -0.15) is 26.3 Å². The Morgan fingerprint density at radius 2 is 1.65 bits per heavy atom. The molecule has 0 atom stereocenters. The molecule has 0 saturated carbocycles. The molecule has 11 heteroatoms. The number of ether oxygens (including phenoxy) is 2. The molecule has 0 aliphatic carbocycles. The van der Waals surface area contributed by atoms with E-state index in [9.17, 15) is 31.1 Å². The Hall–Kier alpha value is -2.46. The monoisotopic (exact) mass is 384 g/mol. The van der Waals surface area contributed by atoms with E-state index in [0.717, 1.165) is 12.1 Å². The number of carbonyl (C=O) groups is 1. The van der Waals surface area contributed by atoms with Crippen LogP contribution in [0.1, 0.15) is 12.5 Å². The molecule has 0 spiro atoms. The minimum Gasteiger partial charge on any atom is -0.463 e. The van der Waals surface area contributed by atoms with Crippen LogP contribution >= 0.6 is 0 Å². The molecule has 2 rings (SSSR count). The summed E-state index contributed by atoms with van der Waals surface area (Å²) in [5, 5.41) is 0. The van der Waals surface area contributed by atoms with Gasteiger partial charge in [-0.15, -0.1) is 0 Å². The maximum atomic E-state index is 13.4. The lowest BCUT2D eigenvalue weighted by Crippen LogP contribution is -2.56. The Labute approximate surface area is 144 Å². The van der Waals surface area contributed by atoms with E-state index in [2.05, 4.69) is 9.73 Å². The minimum atomic E-state index is -5.91. The van der Waals surface area contributed by atoms with Gasteiger partial charge in [-0.3, -0.25) is 9.69 Å². The van der Waals surface area contributed by atoms with Crippen molar-refractivity contribution in [1.29, 1.82) is 0 Å². The maximum absolute atomic E-state index is 13.4. The van der Waals surface area contributed by atoms with Gasteiger partial charge in [0.2, 0.25) is 0 Å². The summed E-state index contributed by atoms with van der Waals surface area (Å²) in [6, 6.07) is 3.44. The fourth-order valence-electron chi connectivity index (χ4n) is 2.44. The van der Waals surface area contributed by atoms with Crippen molar-refractivity contribution in [3.63, 3.8) is 0 Å². The van der Waals surface area contributed by atoms with Crippen molar-refractivity contribution in [2.75, 3.05) is 25.1 Å². The molecule has 144 valence electrons. The van der Waals surface area contributed by atoms with E-state index in [1.54, 1.807) is 0 Å². The number of anilines is 1. The van der Waals surface area contributed by atoms with Gasteiger partial charge < -0.3 is 9.47 Å². The van der Waals surface area contributed by atoms with Gasteiger partial charge in [-0.05, 0) is 12.1 Å². The summed E-state index contributed by atoms with van der Waals surface area (Å²) < 4.78 is 89.2. The number of nitrogens with zero attached hydrogens (tertiary/aromatic N) is 2. The second kappa shape index (κ2) is 6.69. The van der Waals surface area contributed by atoms with Gasteiger partial charge in [0.1, 0.15) is 6.61 Å². The van der Waals surface area contributed by atoms with Crippen molar-refractivity contribution in [1.82, 2.24) is 0 Å². The van der Waals surface area contributed by atoms with Gasteiger partial charge in [0.05, 0.1) is 6.54 Å². The van der Waals surface area contributed by atoms with Crippen LogP contribution in [0.25, 0.3) is 0 Å². The summed E-state index contributed by atoms with van der Waals surface area (Å²) >= 11 is 0. The van der Waals surface area contributed by atoms with E-state index >= 15 is 0 Å². The first kappa shape index (κ1) is 19.9. The maximum Gasteiger partial charge on any atom is 0.442 e. The predicted octanol–water partition coefficient (Wildman–Crippen LogP) is 3.39. The first-order valence-corrected chi connectivity index (χ1v) is 7.24. The lowest BCUT2D eigenvalue weighted by Gasteiger charge is -2.36. The van der Waals surface area contributed by atoms with Crippen molar-refractivity contribution in [2.24, 2.45) is 4.99 Å². The Bertz CT molecular complexity index is 683.